The van der Waals surface area contributed by atoms with Crippen molar-refractivity contribution in [1.82, 2.24) is 9.88 Å². The number of hydrogen-bond acceptors (Lipinski definition) is 4. The number of fused-ring (bicyclic) bond motifs is 1. The summed E-state index contributed by atoms with van der Waals surface area (Å²) in [7, 11) is 0. The number of benzene rings is 2. The number of likely N-dealkylation sites (tertiary alicyclic amines) is 1. The van der Waals surface area contributed by atoms with Gasteiger partial charge in [0.2, 0.25) is 0 Å². The zero-order chi connectivity index (χ0) is 17.2. The Hall–Kier alpha value is -2.71. The topological polar surface area (TPSA) is 57.0 Å². The Kier molecular flexibility index (Phi) is 4.21. The molecule has 25 heavy (non-hydrogen) atoms. The van der Waals surface area contributed by atoms with Crippen LogP contribution >= 0.6 is 11.3 Å². The van der Waals surface area contributed by atoms with E-state index in [1.54, 1.807) is 35.6 Å². The lowest BCUT2D eigenvalue weighted by atomic mass is 9.98. The van der Waals surface area contributed by atoms with Crippen LogP contribution in [0.15, 0.2) is 48.5 Å². The molecule has 0 aliphatic carbocycles. The molecule has 1 atom stereocenters. The molecular weight excluding hydrogens is 330 g/mol. The van der Waals surface area contributed by atoms with Crippen LogP contribution in [0.1, 0.15) is 39.7 Å². The second-order valence-corrected chi connectivity index (χ2v) is 7.36. The van der Waals surface area contributed by atoms with Crippen LogP contribution in [0.5, 0.6) is 0 Å². The van der Waals surface area contributed by atoms with E-state index in [-0.39, 0.29) is 5.91 Å². The van der Waals surface area contributed by atoms with Gasteiger partial charge >= 0.3 is 0 Å². The first-order chi connectivity index (χ1) is 12.2. The molecule has 4 nitrogen and oxygen atoms in total. The molecule has 0 N–H and O–H groups in total. The predicted octanol–water partition coefficient (Wildman–Crippen LogP) is 4.19. The summed E-state index contributed by atoms with van der Waals surface area (Å²) < 4.78 is 1.20. The third-order valence-corrected chi connectivity index (χ3v) is 5.83. The summed E-state index contributed by atoms with van der Waals surface area (Å²) in [4.78, 5) is 19.5. The molecule has 0 radical (unpaired) electrons. The SMILES string of the molecule is N#Cc1ccc(C(=O)N2CCC[C@H](c3nc4ccccc4s3)C2)cc1. The fourth-order valence-electron chi connectivity index (χ4n) is 3.30. The van der Waals surface area contributed by atoms with Crippen molar-refractivity contribution in [3.63, 3.8) is 0 Å². The maximum atomic E-state index is 12.8. The normalized spacial score (nSPS) is 17.4. The zero-order valence-corrected chi connectivity index (χ0v) is 14.5. The number of amides is 1. The van der Waals surface area contributed by atoms with Gasteiger partial charge in [-0.1, -0.05) is 12.1 Å². The van der Waals surface area contributed by atoms with Gasteiger partial charge in [-0.3, -0.25) is 4.79 Å². The van der Waals surface area contributed by atoms with Gasteiger partial charge in [0, 0.05) is 24.6 Å². The lowest BCUT2D eigenvalue weighted by molar-refractivity contribution is 0.0707. The summed E-state index contributed by atoms with van der Waals surface area (Å²) in [6, 6.07) is 17.1. The standard InChI is InChI=1S/C20H17N3OS/c21-12-14-7-9-15(10-8-14)20(24)23-11-3-4-16(13-23)19-22-17-5-1-2-6-18(17)25-19/h1-2,5-10,16H,3-4,11,13H2/t16-/m0/s1. The molecule has 1 aliphatic heterocycles. The van der Waals surface area contributed by atoms with Crippen molar-refractivity contribution >= 4 is 27.5 Å². The number of carbonyl (C=O) groups excluding carboxylic acids is 1. The largest absolute Gasteiger partial charge is 0.338 e. The second-order valence-electron chi connectivity index (χ2n) is 6.30. The Labute approximate surface area is 150 Å². The molecule has 0 bridgehead atoms. The fourth-order valence-corrected chi connectivity index (χ4v) is 4.39. The Morgan fingerprint density at radius 1 is 1.20 bits per heavy atom. The van der Waals surface area contributed by atoms with E-state index in [2.05, 4.69) is 12.1 Å². The van der Waals surface area contributed by atoms with E-state index in [0.717, 1.165) is 29.9 Å². The zero-order valence-electron chi connectivity index (χ0n) is 13.7. The summed E-state index contributed by atoms with van der Waals surface area (Å²) in [5, 5.41) is 10.0. The van der Waals surface area contributed by atoms with Gasteiger partial charge in [0.05, 0.1) is 26.9 Å². The van der Waals surface area contributed by atoms with Gasteiger partial charge in [0.15, 0.2) is 0 Å². The maximum absolute atomic E-state index is 12.8. The minimum Gasteiger partial charge on any atom is -0.338 e. The lowest BCUT2D eigenvalue weighted by Crippen LogP contribution is -2.39. The minimum absolute atomic E-state index is 0.0373. The third kappa shape index (κ3) is 3.13. The van der Waals surface area contributed by atoms with Gasteiger partial charge in [0.1, 0.15) is 0 Å². The van der Waals surface area contributed by atoms with Crippen LogP contribution in [0.4, 0.5) is 0 Å². The fraction of sp³-hybridized carbons (Fsp3) is 0.250. The molecule has 2 aromatic carbocycles. The van der Waals surface area contributed by atoms with Crippen molar-refractivity contribution in [2.75, 3.05) is 13.1 Å². The highest BCUT2D eigenvalue weighted by Gasteiger charge is 2.27. The van der Waals surface area contributed by atoms with Crippen LogP contribution in [0.3, 0.4) is 0 Å². The Balaban J connectivity index is 1.53. The molecule has 1 aromatic heterocycles. The van der Waals surface area contributed by atoms with E-state index >= 15 is 0 Å². The quantitative estimate of drug-likeness (QED) is 0.698. The average Bonchev–Trinajstić information content (AvgIpc) is 3.12. The van der Waals surface area contributed by atoms with Crippen LogP contribution in [0.2, 0.25) is 0 Å². The Morgan fingerprint density at radius 3 is 2.76 bits per heavy atom. The van der Waals surface area contributed by atoms with Gasteiger partial charge in [-0.25, -0.2) is 4.98 Å². The molecule has 1 saturated heterocycles. The van der Waals surface area contributed by atoms with Gasteiger partial charge < -0.3 is 4.90 Å². The van der Waals surface area contributed by atoms with Gasteiger partial charge in [-0.05, 0) is 49.2 Å². The van der Waals surface area contributed by atoms with E-state index in [1.165, 1.54) is 4.70 Å². The molecule has 0 spiro atoms. The van der Waals surface area contributed by atoms with Crippen molar-refractivity contribution in [2.45, 2.75) is 18.8 Å². The minimum atomic E-state index is 0.0373. The first-order valence-corrected chi connectivity index (χ1v) is 9.21. The van der Waals surface area contributed by atoms with Crippen LogP contribution in [0, 0.1) is 11.3 Å². The smallest absolute Gasteiger partial charge is 0.253 e. The first-order valence-electron chi connectivity index (χ1n) is 8.39. The number of hydrogen-bond donors (Lipinski definition) is 0. The number of carbonyl (C=O) groups is 1. The average molecular weight is 347 g/mol. The highest BCUT2D eigenvalue weighted by molar-refractivity contribution is 7.18. The van der Waals surface area contributed by atoms with Crippen LogP contribution in [0.25, 0.3) is 10.2 Å². The van der Waals surface area contributed by atoms with Crippen molar-refractivity contribution in [3.8, 4) is 6.07 Å². The number of nitriles is 1. The molecule has 2 heterocycles. The van der Waals surface area contributed by atoms with Crippen molar-refractivity contribution in [3.05, 3.63) is 64.7 Å². The molecule has 1 fully saturated rings. The Morgan fingerprint density at radius 2 is 2.00 bits per heavy atom. The van der Waals surface area contributed by atoms with Gasteiger partial charge in [-0.2, -0.15) is 5.26 Å². The van der Waals surface area contributed by atoms with Crippen LogP contribution in [-0.2, 0) is 0 Å². The highest BCUT2D eigenvalue weighted by Crippen LogP contribution is 2.33. The molecule has 5 heteroatoms. The van der Waals surface area contributed by atoms with E-state index < -0.39 is 0 Å². The van der Waals surface area contributed by atoms with Crippen LogP contribution in [-0.4, -0.2) is 28.9 Å². The third-order valence-electron chi connectivity index (χ3n) is 4.63. The summed E-state index contributed by atoms with van der Waals surface area (Å²) in [5.74, 6) is 0.337. The summed E-state index contributed by atoms with van der Waals surface area (Å²) >= 11 is 1.73. The molecule has 1 aliphatic rings. The number of para-hydroxylation sites is 1. The molecule has 4 rings (SSSR count). The number of nitrogens with zero attached hydrogens (tertiary/aromatic N) is 3. The van der Waals surface area contributed by atoms with Crippen LogP contribution < -0.4 is 0 Å². The lowest BCUT2D eigenvalue weighted by Gasteiger charge is -2.32. The van der Waals surface area contributed by atoms with Gasteiger partial charge in [-0.15, -0.1) is 11.3 Å². The number of thiazole rings is 1. The van der Waals surface area contributed by atoms with E-state index in [1.807, 2.05) is 23.1 Å². The summed E-state index contributed by atoms with van der Waals surface area (Å²) in [6.07, 6.45) is 2.06. The highest BCUT2D eigenvalue weighted by atomic mass is 32.1. The van der Waals surface area contributed by atoms with Crippen molar-refractivity contribution < 1.29 is 4.79 Å². The molecule has 124 valence electrons. The van der Waals surface area contributed by atoms with E-state index in [4.69, 9.17) is 10.2 Å². The Bertz CT molecular complexity index is 922. The second kappa shape index (κ2) is 6.66. The van der Waals surface area contributed by atoms with Crippen molar-refractivity contribution in [1.29, 1.82) is 5.26 Å². The van der Waals surface area contributed by atoms with Crippen molar-refractivity contribution in [2.24, 2.45) is 0 Å². The summed E-state index contributed by atoms with van der Waals surface area (Å²) in [5.41, 5.74) is 2.25. The number of piperidine rings is 1. The molecule has 0 unspecified atom stereocenters. The van der Waals surface area contributed by atoms with E-state index in [0.29, 0.717) is 23.6 Å². The molecule has 3 aromatic rings. The van der Waals surface area contributed by atoms with Gasteiger partial charge in [0.25, 0.3) is 5.91 Å². The number of aromatic nitrogens is 1. The number of rotatable bonds is 2. The summed E-state index contributed by atoms with van der Waals surface area (Å²) in [6.45, 7) is 1.49. The molecule has 0 saturated carbocycles. The molecular formula is C20H17N3OS. The first kappa shape index (κ1) is 15.8. The monoisotopic (exact) mass is 347 g/mol. The molecule has 1 amide bonds. The predicted molar refractivity (Wildman–Crippen MR) is 98.7 cm³/mol. The maximum Gasteiger partial charge on any atom is 0.253 e. The van der Waals surface area contributed by atoms with E-state index in [9.17, 15) is 4.79 Å².